The fourth-order valence-corrected chi connectivity index (χ4v) is 2.31. The number of nitrogens with one attached hydrogen (secondary N) is 2. The molecule has 7 nitrogen and oxygen atoms in total. The summed E-state index contributed by atoms with van der Waals surface area (Å²) in [4.78, 5) is 20.4. The van der Waals surface area contributed by atoms with E-state index in [1.54, 1.807) is 13.2 Å². The minimum Gasteiger partial charge on any atom is -0.497 e. The average Bonchev–Trinajstić information content (AvgIpc) is 2.72. The van der Waals surface area contributed by atoms with Gasteiger partial charge in [-0.25, -0.2) is 9.97 Å². The van der Waals surface area contributed by atoms with Crippen molar-refractivity contribution in [1.29, 1.82) is 0 Å². The van der Waals surface area contributed by atoms with Gasteiger partial charge in [0, 0.05) is 11.8 Å². The molecule has 1 aromatic heterocycles. The number of ether oxygens (including phenoxy) is 2. The van der Waals surface area contributed by atoms with Gasteiger partial charge in [-0.3, -0.25) is 4.79 Å². The first-order valence-corrected chi connectivity index (χ1v) is 8.44. The number of benzene rings is 2. The van der Waals surface area contributed by atoms with Gasteiger partial charge in [0.2, 0.25) is 0 Å². The fraction of sp³-hybridized carbons (Fsp3) is 0.150. The molecule has 0 unspecified atom stereocenters. The van der Waals surface area contributed by atoms with Gasteiger partial charge >= 0.3 is 0 Å². The van der Waals surface area contributed by atoms with Crippen LogP contribution in [0.1, 0.15) is 10.5 Å². The fourth-order valence-electron chi connectivity index (χ4n) is 2.31. The molecule has 1 heterocycles. The predicted octanol–water partition coefficient (Wildman–Crippen LogP) is 3.23. The van der Waals surface area contributed by atoms with Crippen molar-refractivity contribution in [2.45, 2.75) is 0 Å². The van der Waals surface area contributed by atoms with Crippen molar-refractivity contribution in [2.24, 2.45) is 0 Å². The summed E-state index contributed by atoms with van der Waals surface area (Å²) in [5.74, 6) is 1.80. The summed E-state index contributed by atoms with van der Waals surface area (Å²) in [5.41, 5.74) is 0.996. The van der Waals surface area contributed by atoms with E-state index in [1.165, 1.54) is 6.33 Å². The van der Waals surface area contributed by atoms with Crippen LogP contribution in [-0.2, 0) is 0 Å². The van der Waals surface area contributed by atoms with Gasteiger partial charge in [0.1, 0.15) is 35.9 Å². The summed E-state index contributed by atoms with van der Waals surface area (Å²) in [6, 6.07) is 18.2. The number of carbonyl (C=O) groups is 1. The highest BCUT2D eigenvalue weighted by molar-refractivity contribution is 6.03. The maximum absolute atomic E-state index is 12.3. The molecule has 2 N–H and O–H groups in total. The van der Waals surface area contributed by atoms with E-state index >= 15 is 0 Å². The third-order valence-corrected chi connectivity index (χ3v) is 3.67. The molecule has 0 aliphatic heterocycles. The Bertz CT molecular complexity index is 870. The van der Waals surface area contributed by atoms with E-state index in [4.69, 9.17) is 9.47 Å². The summed E-state index contributed by atoms with van der Waals surface area (Å²) < 4.78 is 10.7. The van der Waals surface area contributed by atoms with E-state index in [0.717, 1.165) is 11.5 Å². The normalized spacial score (nSPS) is 10.1. The number of rotatable bonds is 8. The van der Waals surface area contributed by atoms with Crippen molar-refractivity contribution in [3.8, 4) is 11.5 Å². The van der Waals surface area contributed by atoms with E-state index in [-0.39, 0.29) is 11.6 Å². The van der Waals surface area contributed by atoms with Crippen LogP contribution in [0.25, 0.3) is 0 Å². The smallest absolute Gasteiger partial charge is 0.274 e. The van der Waals surface area contributed by atoms with Gasteiger partial charge in [0.05, 0.1) is 13.7 Å². The molecule has 1 amide bonds. The van der Waals surface area contributed by atoms with Gasteiger partial charge in [-0.1, -0.05) is 18.2 Å². The van der Waals surface area contributed by atoms with E-state index in [2.05, 4.69) is 20.6 Å². The zero-order valence-corrected chi connectivity index (χ0v) is 14.9. The number of hydrogen-bond donors (Lipinski definition) is 2. The maximum atomic E-state index is 12.3. The maximum Gasteiger partial charge on any atom is 0.274 e. The number of para-hydroxylation sites is 1. The van der Waals surface area contributed by atoms with Crippen LogP contribution in [0.5, 0.6) is 11.5 Å². The van der Waals surface area contributed by atoms with E-state index < -0.39 is 0 Å². The molecular formula is C20H20N4O3. The van der Waals surface area contributed by atoms with Gasteiger partial charge < -0.3 is 20.1 Å². The summed E-state index contributed by atoms with van der Waals surface area (Å²) in [6.07, 6.45) is 1.35. The van der Waals surface area contributed by atoms with Crippen LogP contribution in [0.3, 0.4) is 0 Å². The van der Waals surface area contributed by atoms with Crippen molar-refractivity contribution >= 4 is 17.4 Å². The van der Waals surface area contributed by atoms with E-state index in [9.17, 15) is 4.79 Å². The second kappa shape index (κ2) is 9.19. The third-order valence-electron chi connectivity index (χ3n) is 3.67. The Morgan fingerprint density at radius 2 is 1.74 bits per heavy atom. The predicted molar refractivity (Wildman–Crippen MR) is 103 cm³/mol. The van der Waals surface area contributed by atoms with Crippen LogP contribution in [0.4, 0.5) is 11.5 Å². The molecular weight excluding hydrogens is 344 g/mol. The Labute approximate surface area is 157 Å². The quantitative estimate of drug-likeness (QED) is 0.597. The lowest BCUT2D eigenvalue weighted by atomic mass is 10.3. The lowest BCUT2D eigenvalue weighted by Crippen LogP contribution is -2.16. The molecule has 2 aromatic carbocycles. The topological polar surface area (TPSA) is 85.4 Å². The monoisotopic (exact) mass is 364 g/mol. The molecule has 3 aromatic rings. The molecule has 0 radical (unpaired) electrons. The molecule has 138 valence electrons. The zero-order chi connectivity index (χ0) is 18.9. The number of carbonyl (C=O) groups excluding carboxylic acids is 1. The largest absolute Gasteiger partial charge is 0.497 e. The number of anilines is 2. The number of amides is 1. The van der Waals surface area contributed by atoms with Crippen LogP contribution in [0.15, 0.2) is 67.0 Å². The number of methoxy groups -OCH3 is 1. The highest BCUT2D eigenvalue weighted by Crippen LogP contribution is 2.16. The Morgan fingerprint density at radius 3 is 2.48 bits per heavy atom. The first kappa shape index (κ1) is 18.2. The van der Waals surface area contributed by atoms with Gasteiger partial charge in [-0.05, 0) is 36.4 Å². The lowest BCUT2D eigenvalue weighted by molar-refractivity contribution is 0.102. The lowest BCUT2D eigenvalue weighted by Gasteiger charge is -2.09. The third kappa shape index (κ3) is 5.43. The van der Waals surface area contributed by atoms with Gasteiger partial charge in [-0.15, -0.1) is 0 Å². The molecule has 7 heteroatoms. The second-order valence-electron chi connectivity index (χ2n) is 5.56. The summed E-state index contributed by atoms with van der Waals surface area (Å²) >= 11 is 0. The summed E-state index contributed by atoms with van der Waals surface area (Å²) in [7, 11) is 1.62. The molecule has 0 aliphatic carbocycles. The van der Waals surface area contributed by atoms with Crippen LogP contribution in [0.2, 0.25) is 0 Å². The van der Waals surface area contributed by atoms with E-state index in [1.807, 2.05) is 54.6 Å². The molecule has 0 fully saturated rings. The van der Waals surface area contributed by atoms with E-state index in [0.29, 0.717) is 24.7 Å². The first-order chi connectivity index (χ1) is 13.2. The van der Waals surface area contributed by atoms with Crippen LogP contribution in [0, 0.1) is 0 Å². The molecule has 0 spiro atoms. The van der Waals surface area contributed by atoms with Gasteiger partial charge in [-0.2, -0.15) is 0 Å². The highest BCUT2D eigenvalue weighted by atomic mass is 16.5. The van der Waals surface area contributed by atoms with Crippen molar-refractivity contribution in [3.05, 3.63) is 72.7 Å². The number of nitrogens with zero attached hydrogens (tertiary/aromatic N) is 2. The van der Waals surface area contributed by atoms with Gasteiger partial charge in [0.15, 0.2) is 0 Å². The molecule has 3 rings (SSSR count). The van der Waals surface area contributed by atoms with Crippen molar-refractivity contribution in [1.82, 2.24) is 9.97 Å². The van der Waals surface area contributed by atoms with Crippen molar-refractivity contribution in [3.63, 3.8) is 0 Å². The number of aromatic nitrogens is 2. The summed E-state index contributed by atoms with van der Waals surface area (Å²) in [5, 5.41) is 5.91. The minimum atomic E-state index is -0.291. The number of hydrogen-bond acceptors (Lipinski definition) is 6. The molecule has 0 bridgehead atoms. The molecule has 27 heavy (non-hydrogen) atoms. The molecule has 0 saturated heterocycles. The Hall–Kier alpha value is -3.61. The van der Waals surface area contributed by atoms with Crippen LogP contribution < -0.4 is 20.1 Å². The van der Waals surface area contributed by atoms with Crippen LogP contribution >= 0.6 is 0 Å². The highest BCUT2D eigenvalue weighted by Gasteiger charge is 2.09. The Balaban J connectivity index is 1.49. The SMILES string of the molecule is COc1ccc(OCCNc2cc(C(=O)Nc3ccccc3)ncn2)cc1. The summed E-state index contributed by atoms with van der Waals surface area (Å²) in [6.45, 7) is 0.977. The molecule has 0 aliphatic rings. The second-order valence-corrected chi connectivity index (χ2v) is 5.56. The standard InChI is InChI=1S/C20H20N4O3/c1-26-16-7-9-17(10-8-16)27-12-11-21-19-13-18(22-14-23-19)20(25)24-15-5-3-2-4-6-15/h2-10,13-14H,11-12H2,1H3,(H,24,25)(H,21,22,23). The Morgan fingerprint density at radius 1 is 1.00 bits per heavy atom. The minimum absolute atomic E-state index is 0.285. The average molecular weight is 364 g/mol. The van der Waals surface area contributed by atoms with Crippen molar-refractivity contribution < 1.29 is 14.3 Å². The first-order valence-electron chi connectivity index (χ1n) is 8.44. The van der Waals surface area contributed by atoms with Crippen LogP contribution in [-0.4, -0.2) is 36.1 Å². The molecule has 0 atom stereocenters. The van der Waals surface area contributed by atoms with Crippen molar-refractivity contribution in [2.75, 3.05) is 30.9 Å². The Kier molecular flexibility index (Phi) is 6.19. The van der Waals surface area contributed by atoms with Gasteiger partial charge in [0.25, 0.3) is 5.91 Å². The molecule has 0 saturated carbocycles. The zero-order valence-electron chi connectivity index (χ0n) is 14.9.